The summed E-state index contributed by atoms with van der Waals surface area (Å²) in [6.07, 6.45) is 1.68. The van der Waals surface area contributed by atoms with Crippen LogP contribution >= 0.6 is 23.2 Å². The van der Waals surface area contributed by atoms with E-state index in [2.05, 4.69) is 5.32 Å². The number of hydrogen-bond acceptors (Lipinski definition) is 6. The molecule has 3 aromatic carbocycles. The van der Waals surface area contributed by atoms with Crippen LogP contribution in [0.15, 0.2) is 65.7 Å². The minimum atomic E-state index is -3.86. The summed E-state index contributed by atoms with van der Waals surface area (Å²) < 4.78 is 41.8. The Bertz CT molecular complexity index is 2090. The summed E-state index contributed by atoms with van der Waals surface area (Å²) in [5, 5.41) is 3.84. The molecule has 1 aromatic heterocycles. The summed E-state index contributed by atoms with van der Waals surface area (Å²) in [4.78, 5) is 30.9. The van der Waals surface area contributed by atoms with Crippen LogP contribution in [-0.4, -0.2) is 62.5 Å². The number of nitrogens with zero attached hydrogens (tertiary/aromatic N) is 3. The van der Waals surface area contributed by atoms with Crippen LogP contribution in [-0.2, 0) is 25.1 Å². The van der Waals surface area contributed by atoms with E-state index < -0.39 is 27.4 Å². The predicted octanol–water partition coefficient (Wildman–Crippen LogP) is 6.10. The zero-order chi connectivity index (χ0) is 33.4. The summed E-state index contributed by atoms with van der Waals surface area (Å²) in [7, 11) is -2.36. The summed E-state index contributed by atoms with van der Waals surface area (Å²) in [6.45, 7) is 6.90. The highest BCUT2D eigenvalue weighted by molar-refractivity contribution is 7.89. The number of anilines is 2. The molecule has 1 unspecified atom stereocenters. The van der Waals surface area contributed by atoms with Crippen molar-refractivity contribution in [3.05, 3.63) is 98.8 Å². The molecular weight excluding hydrogens is 663 g/mol. The van der Waals surface area contributed by atoms with Gasteiger partial charge in [0.15, 0.2) is 5.54 Å². The van der Waals surface area contributed by atoms with Crippen molar-refractivity contribution in [2.45, 2.75) is 37.1 Å². The number of ether oxygens (including phenoxy) is 2. The van der Waals surface area contributed by atoms with Crippen LogP contribution in [0, 0.1) is 6.92 Å². The third kappa shape index (κ3) is 4.62. The smallest absolute Gasteiger partial charge is 0.261 e. The lowest BCUT2D eigenvalue weighted by Gasteiger charge is -2.36. The average molecular weight is 696 g/mol. The Labute approximate surface area is 282 Å². The summed E-state index contributed by atoms with van der Waals surface area (Å²) in [6, 6.07) is 15.1. The maximum Gasteiger partial charge on any atom is 0.261 e. The van der Waals surface area contributed by atoms with Gasteiger partial charge in [0.05, 0.1) is 42.2 Å². The number of methoxy groups -OCH3 is 1. The Balaban J connectivity index is 1.52. The number of carbonyl (C=O) groups is 2. The van der Waals surface area contributed by atoms with Gasteiger partial charge in [-0.1, -0.05) is 49.2 Å². The van der Waals surface area contributed by atoms with Gasteiger partial charge in [0.1, 0.15) is 5.75 Å². The number of hydrogen-bond donors (Lipinski definition) is 1. The van der Waals surface area contributed by atoms with Gasteiger partial charge < -0.3 is 19.4 Å². The Morgan fingerprint density at radius 1 is 0.957 bits per heavy atom. The number of halogens is 2. The maximum atomic E-state index is 14.8. The first kappa shape index (κ1) is 31.7. The van der Waals surface area contributed by atoms with E-state index in [1.54, 1.807) is 53.2 Å². The molecule has 4 aromatic rings. The molecule has 10 nitrogen and oxygen atoms in total. The third-order valence-corrected chi connectivity index (χ3v) is 11.5. The molecule has 3 aliphatic heterocycles. The van der Waals surface area contributed by atoms with Gasteiger partial charge in [0.2, 0.25) is 10.0 Å². The van der Waals surface area contributed by atoms with Gasteiger partial charge in [-0.15, -0.1) is 0 Å². The Kier molecular flexibility index (Phi) is 7.68. The maximum absolute atomic E-state index is 14.8. The molecule has 0 aliphatic carbocycles. The van der Waals surface area contributed by atoms with E-state index in [0.29, 0.717) is 68.5 Å². The standard InChI is InChI=1S/C34H32Cl2N4O6S/c1-19(2)31-30-24(18-39(31)28-17-23(8-10-29(28)45-4)47(43,44)38-11-13-46-14-12-38)32(41)40(27-16-22(36)6-5-20(27)3)34(30)25-9-7-21(35)15-26(25)37-33(34)42/h5-10,15-19H,11-14H2,1-4H3,(H,37,42). The number of rotatable bonds is 6. The van der Waals surface area contributed by atoms with E-state index in [4.69, 9.17) is 32.7 Å². The van der Waals surface area contributed by atoms with Crippen molar-refractivity contribution in [2.24, 2.45) is 0 Å². The van der Waals surface area contributed by atoms with E-state index >= 15 is 0 Å². The summed E-state index contributed by atoms with van der Waals surface area (Å²) >= 11 is 12.9. The van der Waals surface area contributed by atoms with Gasteiger partial charge in [0.25, 0.3) is 11.8 Å². The highest BCUT2D eigenvalue weighted by atomic mass is 35.5. The van der Waals surface area contributed by atoms with Crippen molar-refractivity contribution < 1.29 is 27.5 Å². The predicted molar refractivity (Wildman–Crippen MR) is 180 cm³/mol. The number of aryl methyl sites for hydroxylation is 1. The second kappa shape index (κ2) is 11.4. The first-order chi connectivity index (χ1) is 22.4. The molecule has 0 radical (unpaired) electrons. The van der Waals surface area contributed by atoms with Gasteiger partial charge >= 0.3 is 0 Å². The number of benzene rings is 3. The van der Waals surface area contributed by atoms with Crippen LogP contribution < -0.4 is 15.0 Å². The third-order valence-electron chi connectivity index (χ3n) is 9.10. The second-order valence-corrected chi connectivity index (χ2v) is 14.9. The number of aromatic nitrogens is 1. The lowest BCUT2D eigenvalue weighted by molar-refractivity contribution is -0.119. The number of sulfonamides is 1. The molecule has 1 fully saturated rings. The highest BCUT2D eigenvalue weighted by Gasteiger charge is 2.63. The molecule has 1 atom stereocenters. The normalized spacial score (nSPS) is 19.4. The van der Waals surface area contributed by atoms with E-state index in [-0.39, 0.29) is 23.9 Å². The Morgan fingerprint density at radius 3 is 2.36 bits per heavy atom. The molecule has 47 heavy (non-hydrogen) atoms. The van der Waals surface area contributed by atoms with Crippen LogP contribution in [0.4, 0.5) is 11.4 Å². The van der Waals surface area contributed by atoms with Crippen LogP contribution in [0.3, 0.4) is 0 Å². The summed E-state index contributed by atoms with van der Waals surface area (Å²) in [5.74, 6) is -0.665. The first-order valence-electron chi connectivity index (χ1n) is 15.2. The fourth-order valence-corrected chi connectivity index (χ4v) is 8.79. The van der Waals surface area contributed by atoms with Crippen molar-refractivity contribution in [3.8, 4) is 11.4 Å². The number of amides is 2. The molecule has 13 heteroatoms. The van der Waals surface area contributed by atoms with Crippen molar-refractivity contribution in [1.82, 2.24) is 8.87 Å². The molecule has 244 valence electrons. The zero-order valence-electron chi connectivity index (χ0n) is 26.1. The van der Waals surface area contributed by atoms with Gasteiger partial charge in [-0.05, 0) is 60.9 Å². The molecule has 3 aliphatic rings. The van der Waals surface area contributed by atoms with Crippen molar-refractivity contribution in [1.29, 1.82) is 0 Å². The molecule has 4 heterocycles. The molecule has 1 spiro atoms. The lowest BCUT2D eigenvalue weighted by atomic mass is 9.81. The van der Waals surface area contributed by atoms with Gasteiger partial charge in [-0.25, -0.2) is 8.42 Å². The number of carbonyl (C=O) groups excluding carboxylic acids is 2. The second-order valence-electron chi connectivity index (χ2n) is 12.1. The molecule has 1 saturated heterocycles. The van der Waals surface area contributed by atoms with Crippen LogP contribution in [0.25, 0.3) is 5.69 Å². The van der Waals surface area contributed by atoms with Gasteiger partial charge in [0, 0.05) is 51.8 Å². The van der Waals surface area contributed by atoms with Crippen LogP contribution in [0.2, 0.25) is 10.0 Å². The minimum Gasteiger partial charge on any atom is -0.495 e. The summed E-state index contributed by atoms with van der Waals surface area (Å²) in [5.41, 5.74) is 2.56. The number of nitrogens with one attached hydrogen (secondary N) is 1. The average Bonchev–Trinajstić information content (AvgIpc) is 3.66. The van der Waals surface area contributed by atoms with E-state index in [9.17, 15) is 18.0 Å². The van der Waals surface area contributed by atoms with Crippen molar-refractivity contribution >= 4 is 56.4 Å². The largest absolute Gasteiger partial charge is 0.495 e. The van der Waals surface area contributed by atoms with Gasteiger partial charge in [-0.2, -0.15) is 4.31 Å². The quantitative estimate of drug-likeness (QED) is 0.261. The molecule has 1 N–H and O–H groups in total. The fraction of sp³-hybridized carbons (Fsp3) is 0.294. The van der Waals surface area contributed by atoms with Crippen LogP contribution in [0.5, 0.6) is 5.75 Å². The molecule has 2 amide bonds. The fourth-order valence-electron chi connectivity index (χ4n) is 7.02. The molecule has 7 rings (SSSR count). The lowest BCUT2D eigenvalue weighted by Crippen LogP contribution is -2.51. The van der Waals surface area contributed by atoms with Crippen molar-refractivity contribution in [2.75, 3.05) is 43.6 Å². The Morgan fingerprint density at radius 2 is 1.66 bits per heavy atom. The monoisotopic (exact) mass is 694 g/mol. The van der Waals surface area contributed by atoms with Crippen molar-refractivity contribution in [3.63, 3.8) is 0 Å². The highest BCUT2D eigenvalue weighted by Crippen LogP contribution is 2.56. The minimum absolute atomic E-state index is 0.0783. The topological polar surface area (TPSA) is 110 Å². The van der Waals surface area contributed by atoms with E-state index in [0.717, 1.165) is 5.56 Å². The SMILES string of the molecule is COc1ccc(S(=O)(=O)N2CCOCC2)cc1-n1cc2c(c1C(C)C)C1(C(=O)Nc3cc(Cl)ccc31)N(c1cc(Cl)ccc1C)C2=O. The molecular formula is C34H32Cl2N4O6S. The number of morpholine rings is 1. The zero-order valence-corrected chi connectivity index (χ0v) is 28.5. The van der Waals surface area contributed by atoms with Gasteiger partial charge in [-0.3, -0.25) is 14.5 Å². The van der Waals surface area contributed by atoms with E-state index in [1.165, 1.54) is 22.4 Å². The number of fused-ring (bicyclic) bond motifs is 4. The van der Waals surface area contributed by atoms with E-state index in [1.807, 2.05) is 26.8 Å². The molecule has 0 bridgehead atoms. The molecule has 0 saturated carbocycles. The first-order valence-corrected chi connectivity index (χ1v) is 17.3. The Hall–Kier alpha value is -3.87. The van der Waals surface area contributed by atoms with Crippen LogP contribution in [0.1, 0.15) is 52.5 Å².